The molecule has 8 heteroatoms. The number of morpholine rings is 1. The molecule has 0 radical (unpaired) electrons. The quantitative estimate of drug-likeness (QED) is 0.886. The molecule has 0 bridgehead atoms. The summed E-state index contributed by atoms with van der Waals surface area (Å²) in [4.78, 5) is 7.23. The highest BCUT2D eigenvalue weighted by Gasteiger charge is 2.34. The summed E-state index contributed by atoms with van der Waals surface area (Å²) in [6, 6.07) is 6.30. The monoisotopic (exact) mass is 357 g/mol. The van der Waals surface area contributed by atoms with E-state index in [1.54, 1.807) is 11.3 Å². The van der Waals surface area contributed by atoms with E-state index in [-0.39, 0.29) is 11.9 Å². The van der Waals surface area contributed by atoms with Gasteiger partial charge in [-0.3, -0.25) is 4.90 Å². The first-order valence-electron chi connectivity index (χ1n) is 7.67. The number of halogens is 3. The Bertz CT molecular complexity index is 642. The molecule has 1 atom stereocenters. The highest BCUT2D eigenvalue weighted by molar-refractivity contribution is 7.10. The molecule has 4 nitrogen and oxygen atoms in total. The summed E-state index contributed by atoms with van der Waals surface area (Å²) in [5, 5.41) is 4.88. The molecule has 1 N–H and O–H groups in total. The number of pyridine rings is 1. The van der Waals surface area contributed by atoms with Crippen molar-refractivity contribution < 1.29 is 17.9 Å². The number of ether oxygens (including phenoxy) is 1. The third-order valence-electron chi connectivity index (χ3n) is 3.93. The van der Waals surface area contributed by atoms with E-state index < -0.39 is 11.7 Å². The van der Waals surface area contributed by atoms with Crippen LogP contribution in [0.25, 0.3) is 0 Å². The van der Waals surface area contributed by atoms with Gasteiger partial charge in [0.25, 0.3) is 0 Å². The fourth-order valence-corrected chi connectivity index (χ4v) is 3.61. The molecule has 3 rings (SSSR count). The van der Waals surface area contributed by atoms with Gasteiger partial charge in [-0.25, -0.2) is 4.98 Å². The van der Waals surface area contributed by atoms with Crippen molar-refractivity contribution in [3.63, 3.8) is 0 Å². The molecule has 24 heavy (non-hydrogen) atoms. The zero-order chi connectivity index (χ0) is 17.0. The lowest BCUT2D eigenvalue weighted by Gasteiger charge is -2.34. The summed E-state index contributed by atoms with van der Waals surface area (Å²) in [5.41, 5.74) is -0.739. The molecule has 0 aliphatic carbocycles. The Hall–Kier alpha value is -1.64. The molecule has 1 fully saturated rings. The zero-order valence-electron chi connectivity index (χ0n) is 12.9. The lowest BCUT2D eigenvalue weighted by Crippen LogP contribution is -2.41. The first kappa shape index (κ1) is 17.2. The molecule has 1 unspecified atom stereocenters. The molecule has 3 heterocycles. The van der Waals surface area contributed by atoms with Crippen molar-refractivity contribution in [1.82, 2.24) is 9.88 Å². The van der Waals surface area contributed by atoms with Gasteiger partial charge in [-0.15, -0.1) is 11.3 Å². The average molecular weight is 357 g/mol. The Kier molecular flexibility index (Phi) is 5.37. The zero-order valence-corrected chi connectivity index (χ0v) is 13.7. The number of rotatable bonds is 5. The first-order chi connectivity index (χ1) is 11.6. The number of alkyl halides is 3. The van der Waals surface area contributed by atoms with Crippen LogP contribution in [0.2, 0.25) is 0 Å². The Balaban J connectivity index is 1.77. The molecular formula is C16H18F3N3OS. The van der Waals surface area contributed by atoms with E-state index in [0.717, 1.165) is 24.0 Å². The molecule has 0 aromatic carbocycles. The van der Waals surface area contributed by atoms with Crippen LogP contribution in [0, 0.1) is 0 Å². The van der Waals surface area contributed by atoms with Crippen molar-refractivity contribution in [2.24, 2.45) is 0 Å². The van der Waals surface area contributed by atoms with Crippen LogP contribution in [-0.4, -0.2) is 42.7 Å². The minimum Gasteiger partial charge on any atom is -0.379 e. The Morgan fingerprint density at radius 1 is 1.25 bits per heavy atom. The van der Waals surface area contributed by atoms with Crippen molar-refractivity contribution in [2.45, 2.75) is 12.2 Å². The van der Waals surface area contributed by atoms with E-state index in [1.165, 1.54) is 12.3 Å². The van der Waals surface area contributed by atoms with E-state index in [1.807, 2.05) is 17.5 Å². The molecule has 2 aromatic rings. The first-order valence-corrected chi connectivity index (χ1v) is 8.55. The van der Waals surface area contributed by atoms with Gasteiger partial charge in [0.15, 0.2) is 0 Å². The number of nitrogens with zero attached hydrogens (tertiary/aromatic N) is 2. The standard InChI is InChI=1S/C16H18F3N3OS/c17-16(18,19)12-3-1-5-20-15(12)21-11-13(14-4-2-10-24-14)22-6-8-23-9-7-22/h1-5,10,13H,6-9,11H2,(H,20,21). The lowest BCUT2D eigenvalue weighted by molar-refractivity contribution is -0.137. The van der Waals surface area contributed by atoms with Crippen molar-refractivity contribution in [2.75, 3.05) is 38.2 Å². The van der Waals surface area contributed by atoms with Gasteiger partial charge in [-0.1, -0.05) is 6.07 Å². The van der Waals surface area contributed by atoms with E-state index in [0.29, 0.717) is 19.8 Å². The maximum Gasteiger partial charge on any atom is 0.419 e. The number of nitrogens with one attached hydrogen (secondary N) is 1. The van der Waals surface area contributed by atoms with E-state index in [4.69, 9.17) is 4.74 Å². The number of hydrogen-bond acceptors (Lipinski definition) is 5. The van der Waals surface area contributed by atoms with E-state index >= 15 is 0 Å². The summed E-state index contributed by atoms with van der Waals surface area (Å²) >= 11 is 1.60. The summed E-state index contributed by atoms with van der Waals surface area (Å²) < 4.78 is 44.7. The number of anilines is 1. The smallest absolute Gasteiger partial charge is 0.379 e. The Labute approximate surface area is 142 Å². The molecule has 1 aliphatic rings. The fourth-order valence-electron chi connectivity index (χ4n) is 2.75. The van der Waals surface area contributed by atoms with Crippen LogP contribution >= 0.6 is 11.3 Å². The van der Waals surface area contributed by atoms with Crippen molar-refractivity contribution in [3.8, 4) is 0 Å². The highest BCUT2D eigenvalue weighted by atomic mass is 32.1. The van der Waals surface area contributed by atoms with Gasteiger partial charge in [0, 0.05) is 30.7 Å². The van der Waals surface area contributed by atoms with E-state index in [2.05, 4.69) is 15.2 Å². The van der Waals surface area contributed by atoms with Crippen LogP contribution in [0.4, 0.5) is 19.0 Å². The number of thiophene rings is 1. The predicted molar refractivity (Wildman–Crippen MR) is 87.2 cm³/mol. The second-order valence-corrected chi connectivity index (χ2v) is 6.44. The average Bonchev–Trinajstić information content (AvgIpc) is 3.10. The summed E-state index contributed by atoms with van der Waals surface area (Å²) in [5.74, 6) is -0.125. The molecule has 1 saturated heterocycles. The fraction of sp³-hybridized carbons (Fsp3) is 0.438. The van der Waals surface area contributed by atoms with Crippen LogP contribution in [0.5, 0.6) is 0 Å². The minimum absolute atomic E-state index is 0.00279. The second kappa shape index (κ2) is 7.50. The molecule has 2 aromatic heterocycles. The van der Waals surface area contributed by atoms with Gasteiger partial charge in [0.2, 0.25) is 0 Å². The van der Waals surface area contributed by atoms with Gasteiger partial charge < -0.3 is 10.1 Å². The van der Waals surface area contributed by atoms with Crippen molar-refractivity contribution in [3.05, 3.63) is 46.3 Å². The SMILES string of the molecule is FC(F)(F)c1cccnc1NCC(c1cccs1)N1CCOCC1. The number of hydrogen-bond donors (Lipinski definition) is 1. The van der Waals surface area contributed by atoms with Gasteiger partial charge >= 0.3 is 6.18 Å². The van der Waals surface area contributed by atoms with Crippen molar-refractivity contribution >= 4 is 17.2 Å². The molecule has 1 aliphatic heterocycles. The molecule has 130 valence electrons. The van der Waals surface area contributed by atoms with Crippen LogP contribution in [0.15, 0.2) is 35.8 Å². The van der Waals surface area contributed by atoms with Crippen molar-refractivity contribution in [1.29, 1.82) is 0 Å². The second-order valence-electron chi connectivity index (χ2n) is 5.46. The lowest BCUT2D eigenvalue weighted by atomic mass is 10.1. The van der Waals surface area contributed by atoms with Gasteiger partial charge in [0.05, 0.1) is 24.8 Å². The molecule has 0 saturated carbocycles. The molecule has 0 spiro atoms. The Morgan fingerprint density at radius 3 is 2.71 bits per heavy atom. The predicted octanol–water partition coefficient (Wildman–Crippen LogP) is 3.65. The molecular weight excluding hydrogens is 339 g/mol. The van der Waals surface area contributed by atoms with Crippen LogP contribution in [-0.2, 0) is 10.9 Å². The van der Waals surface area contributed by atoms with E-state index in [9.17, 15) is 13.2 Å². The van der Waals surface area contributed by atoms with Gasteiger partial charge in [-0.05, 0) is 23.6 Å². The maximum atomic E-state index is 13.1. The highest BCUT2D eigenvalue weighted by Crippen LogP contribution is 2.34. The van der Waals surface area contributed by atoms with Crippen LogP contribution < -0.4 is 5.32 Å². The van der Waals surface area contributed by atoms with Gasteiger partial charge in [0.1, 0.15) is 5.82 Å². The summed E-state index contributed by atoms with van der Waals surface area (Å²) in [6.07, 6.45) is -3.06. The minimum atomic E-state index is -4.42. The normalized spacial score (nSPS) is 17.6. The van der Waals surface area contributed by atoms with Crippen LogP contribution in [0.1, 0.15) is 16.5 Å². The Morgan fingerprint density at radius 2 is 2.04 bits per heavy atom. The van der Waals surface area contributed by atoms with Crippen LogP contribution in [0.3, 0.4) is 0 Å². The van der Waals surface area contributed by atoms with Gasteiger partial charge in [-0.2, -0.15) is 13.2 Å². The summed E-state index contributed by atoms with van der Waals surface area (Å²) in [6.45, 7) is 3.16. The molecule has 0 amide bonds. The topological polar surface area (TPSA) is 37.4 Å². The third-order valence-corrected chi connectivity index (χ3v) is 4.91. The maximum absolute atomic E-state index is 13.1. The number of aromatic nitrogens is 1. The largest absolute Gasteiger partial charge is 0.419 e. The summed E-state index contributed by atoms with van der Waals surface area (Å²) in [7, 11) is 0. The third kappa shape index (κ3) is 4.06.